The number of carbonyl (C=O) groups is 1. The maximum absolute atomic E-state index is 13.1. The van der Waals surface area contributed by atoms with E-state index in [1.807, 2.05) is 4.57 Å². The van der Waals surface area contributed by atoms with Crippen LogP contribution in [0.4, 0.5) is 13.2 Å². The quantitative estimate of drug-likeness (QED) is 0.638. The standard InChI is InChI=1S/C21H26F3N3O2/c22-21(23,24)17-10-9-16-19(26-17)27(14-5-3-6-14)18(25-16)8-2-1-7-15(28)13-20(29)11-4-12-20/h9-10,14,29H,1-8,11-13H2. The zero-order valence-corrected chi connectivity index (χ0v) is 16.3. The molecule has 158 valence electrons. The van der Waals surface area contributed by atoms with E-state index in [0.717, 1.165) is 44.0 Å². The van der Waals surface area contributed by atoms with Crippen LogP contribution in [-0.2, 0) is 17.4 Å². The van der Waals surface area contributed by atoms with Gasteiger partial charge in [-0.2, -0.15) is 13.2 Å². The number of carbonyl (C=O) groups excluding carboxylic acids is 1. The minimum Gasteiger partial charge on any atom is -0.389 e. The number of rotatable bonds is 8. The van der Waals surface area contributed by atoms with E-state index >= 15 is 0 Å². The van der Waals surface area contributed by atoms with Crippen LogP contribution in [0.25, 0.3) is 11.2 Å². The molecule has 0 radical (unpaired) electrons. The number of imidazole rings is 1. The molecule has 1 N–H and O–H groups in total. The van der Waals surface area contributed by atoms with Crippen molar-refractivity contribution in [2.45, 2.75) is 88.4 Å². The van der Waals surface area contributed by atoms with E-state index in [-0.39, 0.29) is 18.2 Å². The smallest absolute Gasteiger partial charge is 0.389 e. The van der Waals surface area contributed by atoms with Crippen LogP contribution in [0, 0.1) is 0 Å². The first-order chi connectivity index (χ1) is 13.8. The topological polar surface area (TPSA) is 68.0 Å². The molecule has 5 nitrogen and oxygen atoms in total. The fourth-order valence-corrected chi connectivity index (χ4v) is 4.21. The Kier molecular flexibility index (Phi) is 5.40. The molecular formula is C21H26F3N3O2. The second kappa shape index (κ2) is 7.70. The molecule has 2 aromatic heterocycles. The van der Waals surface area contributed by atoms with E-state index in [2.05, 4.69) is 9.97 Å². The van der Waals surface area contributed by atoms with Gasteiger partial charge in [0.25, 0.3) is 0 Å². The number of fused-ring (bicyclic) bond motifs is 1. The van der Waals surface area contributed by atoms with E-state index < -0.39 is 17.5 Å². The maximum atomic E-state index is 13.1. The number of aliphatic hydroxyl groups is 1. The van der Waals surface area contributed by atoms with Crippen molar-refractivity contribution in [1.82, 2.24) is 14.5 Å². The monoisotopic (exact) mass is 409 g/mol. The van der Waals surface area contributed by atoms with Gasteiger partial charge in [-0.15, -0.1) is 0 Å². The Morgan fingerprint density at radius 3 is 2.52 bits per heavy atom. The van der Waals surface area contributed by atoms with Crippen LogP contribution in [0.3, 0.4) is 0 Å². The van der Waals surface area contributed by atoms with Crippen LogP contribution in [-0.4, -0.2) is 31.0 Å². The van der Waals surface area contributed by atoms with Gasteiger partial charge in [-0.3, -0.25) is 4.79 Å². The Balaban J connectivity index is 1.43. The van der Waals surface area contributed by atoms with Gasteiger partial charge in [-0.05, 0) is 63.5 Å². The van der Waals surface area contributed by atoms with Crippen molar-refractivity contribution in [3.05, 3.63) is 23.7 Å². The molecule has 0 aromatic carbocycles. The zero-order valence-electron chi connectivity index (χ0n) is 16.3. The highest BCUT2D eigenvalue weighted by atomic mass is 19.4. The second-order valence-electron chi connectivity index (χ2n) is 8.52. The summed E-state index contributed by atoms with van der Waals surface area (Å²) in [6.07, 6.45) is 3.48. The summed E-state index contributed by atoms with van der Waals surface area (Å²) >= 11 is 0. The summed E-state index contributed by atoms with van der Waals surface area (Å²) in [4.78, 5) is 20.5. The number of alkyl halides is 3. The number of unbranched alkanes of at least 4 members (excludes halogenated alkanes) is 1. The summed E-state index contributed by atoms with van der Waals surface area (Å²) in [7, 11) is 0. The van der Waals surface area contributed by atoms with E-state index in [1.165, 1.54) is 6.07 Å². The molecule has 2 aromatic rings. The molecule has 8 heteroatoms. The Morgan fingerprint density at radius 2 is 1.93 bits per heavy atom. The fraction of sp³-hybridized carbons (Fsp3) is 0.667. The van der Waals surface area contributed by atoms with Gasteiger partial charge in [0.05, 0.1) is 5.60 Å². The minimum absolute atomic E-state index is 0.0798. The first kappa shape index (κ1) is 20.3. The number of Topliss-reactive ketones (excluding diaryl/α,β-unsaturated/α-hetero) is 1. The fourth-order valence-electron chi connectivity index (χ4n) is 4.21. The largest absolute Gasteiger partial charge is 0.433 e. The molecule has 0 saturated heterocycles. The number of hydrogen-bond donors (Lipinski definition) is 1. The molecule has 0 spiro atoms. The van der Waals surface area contributed by atoms with Gasteiger partial charge in [-0.25, -0.2) is 9.97 Å². The number of aryl methyl sites for hydroxylation is 1. The summed E-state index contributed by atoms with van der Waals surface area (Å²) in [6, 6.07) is 2.53. The molecule has 0 aliphatic heterocycles. The van der Waals surface area contributed by atoms with Crippen molar-refractivity contribution in [2.75, 3.05) is 0 Å². The molecule has 2 heterocycles. The van der Waals surface area contributed by atoms with Gasteiger partial charge in [0.2, 0.25) is 0 Å². The van der Waals surface area contributed by atoms with Gasteiger partial charge in [-0.1, -0.05) is 0 Å². The number of ketones is 1. The number of nitrogens with zero attached hydrogens (tertiary/aromatic N) is 3. The van der Waals surface area contributed by atoms with E-state index in [0.29, 0.717) is 43.3 Å². The number of halogens is 3. The Bertz CT molecular complexity index is 898. The third kappa shape index (κ3) is 4.32. The zero-order chi connectivity index (χ0) is 20.6. The number of pyridine rings is 1. The van der Waals surface area contributed by atoms with Crippen molar-refractivity contribution in [3.63, 3.8) is 0 Å². The lowest BCUT2D eigenvalue weighted by atomic mass is 9.76. The van der Waals surface area contributed by atoms with Crippen LogP contribution in [0.1, 0.15) is 81.8 Å². The lowest BCUT2D eigenvalue weighted by Crippen LogP contribution is -2.38. The second-order valence-corrected chi connectivity index (χ2v) is 8.52. The van der Waals surface area contributed by atoms with Gasteiger partial charge in [0.1, 0.15) is 22.8 Å². The normalized spacial score (nSPS) is 19.2. The van der Waals surface area contributed by atoms with Crippen molar-refractivity contribution >= 4 is 16.9 Å². The molecule has 0 atom stereocenters. The number of hydrogen-bond acceptors (Lipinski definition) is 4. The summed E-state index contributed by atoms with van der Waals surface area (Å²) in [5, 5.41) is 10.1. The molecule has 0 amide bonds. The van der Waals surface area contributed by atoms with Crippen molar-refractivity contribution in [2.24, 2.45) is 0 Å². The van der Waals surface area contributed by atoms with Crippen molar-refractivity contribution in [3.8, 4) is 0 Å². The van der Waals surface area contributed by atoms with E-state index in [1.54, 1.807) is 0 Å². The Labute approximate surface area is 167 Å². The first-order valence-corrected chi connectivity index (χ1v) is 10.4. The summed E-state index contributed by atoms with van der Waals surface area (Å²) < 4.78 is 41.1. The first-order valence-electron chi connectivity index (χ1n) is 10.4. The average molecular weight is 409 g/mol. The minimum atomic E-state index is -4.48. The molecule has 0 bridgehead atoms. The lowest BCUT2D eigenvalue weighted by Gasteiger charge is -2.35. The molecule has 0 unspecified atom stereocenters. The highest BCUT2D eigenvalue weighted by molar-refractivity contribution is 5.79. The van der Waals surface area contributed by atoms with Crippen molar-refractivity contribution < 1.29 is 23.1 Å². The summed E-state index contributed by atoms with van der Waals surface area (Å²) in [5.41, 5.74) is -0.875. The molecule has 2 saturated carbocycles. The SMILES string of the molecule is O=C(CCCCc1nc2ccc(C(F)(F)F)nc2n1C1CCC1)CC1(O)CCC1. The van der Waals surface area contributed by atoms with Crippen LogP contribution >= 0.6 is 0 Å². The highest BCUT2D eigenvalue weighted by Gasteiger charge is 2.36. The third-order valence-corrected chi connectivity index (χ3v) is 6.26. The summed E-state index contributed by atoms with van der Waals surface area (Å²) in [5.74, 6) is 0.831. The number of aromatic nitrogens is 3. The molecule has 2 fully saturated rings. The van der Waals surface area contributed by atoms with Gasteiger partial charge in [0, 0.05) is 25.3 Å². The maximum Gasteiger partial charge on any atom is 0.433 e. The molecule has 2 aliphatic rings. The highest BCUT2D eigenvalue weighted by Crippen LogP contribution is 2.37. The van der Waals surface area contributed by atoms with Crippen LogP contribution in [0.5, 0.6) is 0 Å². The Hall–Kier alpha value is -1.96. The predicted molar refractivity (Wildman–Crippen MR) is 101 cm³/mol. The van der Waals surface area contributed by atoms with Crippen molar-refractivity contribution in [1.29, 1.82) is 0 Å². The Morgan fingerprint density at radius 1 is 1.17 bits per heavy atom. The van der Waals surface area contributed by atoms with Crippen LogP contribution in [0.15, 0.2) is 12.1 Å². The summed E-state index contributed by atoms with van der Waals surface area (Å²) in [6.45, 7) is 0. The van der Waals surface area contributed by atoms with Crippen LogP contribution in [0.2, 0.25) is 0 Å². The van der Waals surface area contributed by atoms with Gasteiger partial charge in [0.15, 0.2) is 5.65 Å². The lowest BCUT2D eigenvalue weighted by molar-refractivity contribution is -0.141. The molecule has 4 rings (SSSR count). The van der Waals surface area contributed by atoms with Gasteiger partial charge < -0.3 is 9.67 Å². The van der Waals surface area contributed by atoms with E-state index in [4.69, 9.17) is 0 Å². The third-order valence-electron chi connectivity index (χ3n) is 6.26. The molecule has 2 aliphatic carbocycles. The van der Waals surface area contributed by atoms with Gasteiger partial charge >= 0.3 is 6.18 Å². The van der Waals surface area contributed by atoms with E-state index in [9.17, 15) is 23.1 Å². The molecular weight excluding hydrogens is 383 g/mol. The predicted octanol–water partition coefficient (Wildman–Crippen LogP) is 4.76. The molecule has 29 heavy (non-hydrogen) atoms. The average Bonchev–Trinajstić information content (AvgIpc) is 2.93. The van der Waals surface area contributed by atoms with Crippen LogP contribution < -0.4 is 0 Å².